The van der Waals surface area contributed by atoms with E-state index in [1.54, 1.807) is 16.7 Å². The summed E-state index contributed by atoms with van der Waals surface area (Å²) in [4.78, 5) is 28.3. The van der Waals surface area contributed by atoms with E-state index in [0.29, 0.717) is 31.8 Å². The van der Waals surface area contributed by atoms with Gasteiger partial charge in [0.15, 0.2) is 0 Å². The third-order valence-electron chi connectivity index (χ3n) is 5.43. The summed E-state index contributed by atoms with van der Waals surface area (Å²) in [6.07, 6.45) is 3.51. The van der Waals surface area contributed by atoms with Crippen molar-refractivity contribution < 1.29 is 9.59 Å². The molecule has 1 aliphatic heterocycles. The molecule has 1 aromatic carbocycles. The molecule has 0 fully saturated rings. The van der Waals surface area contributed by atoms with Crippen LogP contribution in [0.5, 0.6) is 0 Å². The summed E-state index contributed by atoms with van der Waals surface area (Å²) in [6, 6.07) is 7.04. The van der Waals surface area contributed by atoms with Crippen LogP contribution in [0.4, 0.5) is 0 Å². The maximum atomic E-state index is 13.6. The average molecular weight is 453 g/mol. The van der Waals surface area contributed by atoms with Crippen LogP contribution in [0.25, 0.3) is 0 Å². The summed E-state index contributed by atoms with van der Waals surface area (Å²) in [7, 11) is 0. The second-order valence-electron chi connectivity index (χ2n) is 8.16. The molecule has 0 saturated heterocycles. The number of benzene rings is 1. The minimum absolute atomic E-state index is 0.0462. The van der Waals surface area contributed by atoms with Gasteiger partial charge in [-0.2, -0.15) is 24.4 Å². The molecule has 2 amide bonds. The molecule has 4 N–H and O–H groups in total. The third kappa shape index (κ3) is 6.90. The number of amides is 2. The minimum atomic E-state index is -0.497. The predicted molar refractivity (Wildman–Crippen MR) is 129 cm³/mol. The Morgan fingerprint density at radius 2 is 2.00 bits per heavy atom. The van der Waals surface area contributed by atoms with Gasteiger partial charge in [0.1, 0.15) is 6.04 Å². The Balaban J connectivity index is 2.20. The van der Waals surface area contributed by atoms with E-state index in [1.807, 2.05) is 32.0 Å². The van der Waals surface area contributed by atoms with Crippen molar-refractivity contribution in [3.63, 3.8) is 0 Å². The molecule has 0 bridgehead atoms. The highest BCUT2D eigenvalue weighted by Gasteiger charge is 2.38. The normalized spacial score (nSPS) is 18.1. The topological polar surface area (TPSA) is 87.5 Å². The van der Waals surface area contributed by atoms with Gasteiger partial charge >= 0.3 is 0 Å². The maximum absolute atomic E-state index is 13.6. The number of hydrogen-bond acceptors (Lipinski definition) is 6. The van der Waals surface area contributed by atoms with E-state index >= 15 is 0 Å². The molecule has 0 radical (unpaired) electrons. The quantitative estimate of drug-likeness (QED) is 0.303. The Morgan fingerprint density at radius 3 is 2.63 bits per heavy atom. The number of carbonyl (C=O) groups excluding carboxylic acids is 2. The molecule has 0 unspecified atom stereocenters. The van der Waals surface area contributed by atoms with Crippen LogP contribution in [-0.2, 0) is 22.6 Å². The second kappa shape index (κ2) is 12.6. The molecule has 1 heterocycles. The van der Waals surface area contributed by atoms with Gasteiger partial charge < -0.3 is 21.3 Å². The lowest BCUT2D eigenvalue weighted by Crippen LogP contribution is -2.59. The van der Waals surface area contributed by atoms with Crippen molar-refractivity contribution in [2.45, 2.75) is 51.4 Å². The summed E-state index contributed by atoms with van der Waals surface area (Å²) in [6.45, 7) is 5.60. The second-order valence-corrected chi connectivity index (χ2v) is 9.52. The highest BCUT2D eigenvalue weighted by Crippen LogP contribution is 2.25. The molecule has 30 heavy (non-hydrogen) atoms. The monoisotopic (exact) mass is 452 g/mol. The van der Waals surface area contributed by atoms with Gasteiger partial charge in [-0.25, -0.2) is 0 Å². The van der Waals surface area contributed by atoms with Crippen LogP contribution < -0.4 is 16.4 Å². The Hall–Kier alpha value is -1.22. The molecule has 6 nitrogen and oxygen atoms in total. The first kappa shape index (κ1) is 25.0. The van der Waals surface area contributed by atoms with Gasteiger partial charge in [0.25, 0.3) is 0 Å². The van der Waals surface area contributed by atoms with Crippen LogP contribution in [0.3, 0.4) is 0 Å². The number of fused-ring (bicyclic) bond motifs is 1. The largest absolute Gasteiger partial charge is 0.354 e. The van der Waals surface area contributed by atoms with Crippen LogP contribution in [-0.4, -0.2) is 65.7 Å². The summed E-state index contributed by atoms with van der Waals surface area (Å²) >= 11 is 5.99. The predicted octanol–water partition coefficient (Wildman–Crippen LogP) is 1.68. The van der Waals surface area contributed by atoms with Crippen LogP contribution in [0.15, 0.2) is 24.3 Å². The van der Waals surface area contributed by atoms with Gasteiger partial charge in [-0.3, -0.25) is 9.59 Å². The molecule has 0 aromatic heterocycles. The summed E-state index contributed by atoms with van der Waals surface area (Å²) in [5, 5.41) is 6.34. The van der Waals surface area contributed by atoms with Crippen LogP contribution in [0.2, 0.25) is 0 Å². The van der Waals surface area contributed by atoms with E-state index in [1.165, 1.54) is 0 Å². The van der Waals surface area contributed by atoms with Crippen LogP contribution >= 0.6 is 24.4 Å². The number of rotatable bonds is 11. The first-order chi connectivity index (χ1) is 14.4. The number of nitrogens with zero attached hydrogens (tertiary/aromatic N) is 1. The smallest absolute Gasteiger partial charge is 0.243 e. The van der Waals surface area contributed by atoms with E-state index in [0.717, 1.165) is 23.3 Å². The van der Waals surface area contributed by atoms with Gasteiger partial charge in [-0.15, -0.1) is 0 Å². The molecule has 0 saturated carbocycles. The molecule has 3 atom stereocenters. The fourth-order valence-corrected chi connectivity index (χ4v) is 4.23. The molecule has 8 heteroatoms. The molecule has 0 aliphatic carbocycles. The van der Waals surface area contributed by atoms with Gasteiger partial charge in [-0.1, -0.05) is 38.1 Å². The van der Waals surface area contributed by atoms with Crippen molar-refractivity contribution in [2.75, 3.05) is 30.9 Å². The Bertz CT molecular complexity index is 701. The Labute approximate surface area is 190 Å². The number of thioether (sulfide) groups is 1. The number of carbonyl (C=O) groups is 2. The molecular weight excluding hydrogens is 416 g/mol. The average Bonchev–Trinajstić information content (AvgIpc) is 2.75. The third-order valence-corrected chi connectivity index (χ3v) is 6.59. The van der Waals surface area contributed by atoms with Crippen LogP contribution in [0.1, 0.15) is 31.4 Å². The molecule has 1 aromatic rings. The van der Waals surface area contributed by atoms with Crippen LogP contribution in [0, 0.1) is 5.92 Å². The Morgan fingerprint density at radius 1 is 1.30 bits per heavy atom. The SMILES string of the molecule is CSCCCNC(=O)[C@H]1Cc2ccccc2CN1C(=O)[C@@H](NC[C@H](N)CS)C(C)C. The lowest BCUT2D eigenvalue weighted by atomic mass is 9.91. The van der Waals surface area contributed by atoms with E-state index in [9.17, 15) is 9.59 Å². The van der Waals surface area contributed by atoms with Crippen molar-refractivity contribution in [3.8, 4) is 0 Å². The lowest BCUT2D eigenvalue weighted by Gasteiger charge is -2.39. The summed E-state index contributed by atoms with van der Waals surface area (Å²) in [5.41, 5.74) is 8.23. The first-order valence-corrected chi connectivity index (χ1v) is 12.6. The molecule has 0 spiro atoms. The molecule has 2 rings (SSSR count). The summed E-state index contributed by atoms with van der Waals surface area (Å²) in [5.74, 6) is 1.50. The number of thiol groups is 1. The van der Waals surface area contributed by atoms with E-state index < -0.39 is 12.1 Å². The van der Waals surface area contributed by atoms with Gasteiger partial charge in [0.05, 0.1) is 6.04 Å². The number of nitrogens with one attached hydrogen (secondary N) is 2. The first-order valence-electron chi connectivity index (χ1n) is 10.6. The fraction of sp³-hybridized carbons (Fsp3) is 0.636. The highest BCUT2D eigenvalue weighted by atomic mass is 32.2. The standard InChI is InChI=1S/C22H36N4O2S2/c1-15(2)20(25-12-18(23)14-29)22(28)26-13-17-8-5-4-7-16(17)11-19(26)21(27)24-9-6-10-30-3/h4-5,7-8,15,18-20,25,29H,6,9-14,23H2,1-3H3,(H,24,27)/t18-,19+,20-/m0/s1. The van der Waals surface area contributed by atoms with Crippen molar-refractivity contribution in [2.24, 2.45) is 11.7 Å². The zero-order chi connectivity index (χ0) is 22.1. The van der Waals surface area contributed by atoms with E-state index in [4.69, 9.17) is 5.73 Å². The van der Waals surface area contributed by atoms with Gasteiger partial charge in [0.2, 0.25) is 11.8 Å². The van der Waals surface area contributed by atoms with E-state index in [-0.39, 0.29) is 23.8 Å². The summed E-state index contributed by atoms with van der Waals surface area (Å²) < 4.78 is 0. The van der Waals surface area contributed by atoms with E-state index in [2.05, 4.69) is 35.6 Å². The molecular formula is C22H36N4O2S2. The fourth-order valence-electron chi connectivity index (χ4n) is 3.66. The highest BCUT2D eigenvalue weighted by molar-refractivity contribution is 7.98. The molecule has 168 valence electrons. The van der Waals surface area contributed by atoms with Gasteiger partial charge in [-0.05, 0) is 35.5 Å². The van der Waals surface area contributed by atoms with Gasteiger partial charge in [0, 0.05) is 37.8 Å². The number of nitrogens with two attached hydrogens (primary N) is 1. The molecule has 1 aliphatic rings. The zero-order valence-corrected chi connectivity index (χ0v) is 20.0. The zero-order valence-electron chi connectivity index (χ0n) is 18.3. The lowest BCUT2D eigenvalue weighted by molar-refractivity contribution is -0.144. The van der Waals surface area contributed by atoms with Crippen molar-refractivity contribution >= 4 is 36.2 Å². The van der Waals surface area contributed by atoms with Crippen molar-refractivity contribution in [3.05, 3.63) is 35.4 Å². The minimum Gasteiger partial charge on any atom is -0.354 e. The Kier molecular flexibility index (Phi) is 10.5. The maximum Gasteiger partial charge on any atom is 0.243 e. The number of hydrogen-bond donors (Lipinski definition) is 4. The van der Waals surface area contributed by atoms with Crippen molar-refractivity contribution in [1.29, 1.82) is 0 Å². The van der Waals surface area contributed by atoms with Crippen molar-refractivity contribution in [1.82, 2.24) is 15.5 Å².